The fraction of sp³-hybridized carbons (Fsp3) is 0.824. The van der Waals surface area contributed by atoms with Crippen molar-refractivity contribution in [2.24, 2.45) is 0 Å². The summed E-state index contributed by atoms with van der Waals surface area (Å²) in [6.07, 6.45) is 3.23. The van der Waals surface area contributed by atoms with Gasteiger partial charge in [0.15, 0.2) is 0 Å². The van der Waals surface area contributed by atoms with Gasteiger partial charge in [-0.25, -0.2) is 0 Å². The molecule has 0 atom stereocenters. The summed E-state index contributed by atoms with van der Waals surface area (Å²) >= 11 is 0. The number of rotatable bonds is 8. The molecule has 1 saturated heterocycles. The third-order valence-electron chi connectivity index (χ3n) is 4.47. The molecule has 1 fully saturated rings. The lowest BCUT2D eigenvalue weighted by Gasteiger charge is -2.33. The molecule has 26 heavy (non-hydrogen) atoms. The summed E-state index contributed by atoms with van der Waals surface area (Å²) in [6, 6.07) is 0. The minimum absolute atomic E-state index is 0.352. The Morgan fingerprint density at radius 2 is 0.885 bits per heavy atom. The summed E-state index contributed by atoms with van der Waals surface area (Å²) in [5.41, 5.74) is 0. The van der Waals surface area contributed by atoms with E-state index >= 15 is 0 Å². The van der Waals surface area contributed by atoms with Crippen LogP contribution in [-0.4, -0.2) is 130 Å². The first-order chi connectivity index (χ1) is 12.4. The van der Waals surface area contributed by atoms with E-state index in [0.717, 1.165) is 31.9 Å². The van der Waals surface area contributed by atoms with Crippen LogP contribution in [0, 0.1) is 0 Å². The fourth-order valence-electron chi connectivity index (χ4n) is 3.07. The van der Waals surface area contributed by atoms with Crippen LogP contribution in [0.1, 0.15) is 0 Å². The van der Waals surface area contributed by atoms with E-state index in [9.17, 15) is 18.9 Å². The minimum Gasteiger partial charge on any atom is -0.323 e. The third kappa shape index (κ3) is 10.3. The zero-order valence-corrected chi connectivity index (χ0v) is 17.0. The highest BCUT2D eigenvalue weighted by atomic mass is 31.2. The first-order valence-corrected chi connectivity index (χ1v) is 11.9. The van der Waals surface area contributed by atoms with Crippen LogP contribution in [0.4, 0.5) is 0 Å². The molecule has 9 heteroatoms. The van der Waals surface area contributed by atoms with E-state index in [4.69, 9.17) is 0 Å². The van der Waals surface area contributed by atoms with Crippen LogP contribution in [0.3, 0.4) is 0 Å². The highest BCUT2D eigenvalue weighted by molar-refractivity contribution is 7.62. The molecular formula is C17H33N4O4P. The molecule has 0 spiro atoms. The van der Waals surface area contributed by atoms with Crippen molar-refractivity contribution in [1.82, 2.24) is 19.6 Å². The maximum Gasteiger partial charge on any atom is 0.133 e. The quantitative estimate of drug-likeness (QED) is 0.402. The molecule has 1 aliphatic rings. The van der Waals surface area contributed by atoms with Gasteiger partial charge in [0.05, 0.1) is 33.1 Å². The first kappa shape index (κ1) is 23.1. The van der Waals surface area contributed by atoms with E-state index < -0.39 is 7.14 Å². The number of hydrogen-bond acceptors (Lipinski definition) is 8. The second-order valence-electron chi connectivity index (χ2n) is 7.24. The highest BCUT2D eigenvalue weighted by Crippen LogP contribution is 2.36. The van der Waals surface area contributed by atoms with E-state index in [1.807, 2.05) is 4.90 Å². The van der Waals surface area contributed by atoms with Crippen LogP contribution >= 0.6 is 7.14 Å². The molecule has 0 aromatic heterocycles. The predicted molar refractivity (Wildman–Crippen MR) is 103 cm³/mol. The van der Waals surface area contributed by atoms with Gasteiger partial charge in [0.1, 0.15) is 18.9 Å². The normalized spacial score (nSPS) is 20.8. The first-order valence-electron chi connectivity index (χ1n) is 9.12. The second-order valence-corrected chi connectivity index (χ2v) is 10.7. The van der Waals surface area contributed by atoms with Gasteiger partial charge in [-0.3, -0.25) is 19.6 Å². The smallest absolute Gasteiger partial charge is 0.133 e. The molecule has 0 N–H and O–H groups in total. The van der Waals surface area contributed by atoms with Gasteiger partial charge >= 0.3 is 0 Å². The maximum absolute atomic E-state index is 12.3. The number of nitrogens with zero attached hydrogens (tertiary/aromatic N) is 4. The Labute approximate surface area is 156 Å². The molecule has 1 aliphatic heterocycles. The highest BCUT2D eigenvalue weighted by Gasteiger charge is 2.19. The molecule has 0 aromatic rings. The molecule has 1 heterocycles. The van der Waals surface area contributed by atoms with Gasteiger partial charge in [-0.15, -0.1) is 0 Å². The molecule has 8 nitrogen and oxygen atoms in total. The number of hydrogen-bond donors (Lipinski definition) is 0. The maximum atomic E-state index is 12.3. The minimum atomic E-state index is -2.20. The summed E-state index contributed by atoms with van der Waals surface area (Å²) in [5, 5.41) is 0. The summed E-state index contributed by atoms with van der Waals surface area (Å²) < 4.78 is 12.3. The predicted octanol–water partition coefficient (Wildman–Crippen LogP) is -0.615. The molecule has 1 rings (SSSR count). The van der Waals surface area contributed by atoms with Crippen molar-refractivity contribution in [2.75, 3.05) is 91.6 Å². The van der Waals surface area contributed by atoms with E-state index in [0.29, 0.717) is 65.2 Å². The van der Waals surface area contributed by atoms with Crippen LogP contribution < -0.4 is 0 Å². The molecular weight excluding hydrogens is 355 g/mol. The topological polar surface area (TPSA) is 81.2 Å². The van der Waals surface area contributed by atoms with Crippen LogP contribution in [-0.2, 0) is 18.9 Å². The van der Waals surface area contributed by atoms with Gasteiger partial charge in [0, 0.05) is 52.4 Å². The zero-order valence-electron chi connectivity index (χ0n) is 16.1. The molecule has 150 valence electrons. The lowest BCUT2D eigenvalue weighted by Crippen LogP contribution is -2.47. The van der Waals surface area contributed by atoms with Gasteiger partial charge in [-0.2, -0.15) is 0 Å². The Kier molecular flexibility index (Phi) is 11.1. The Balaban J connectivity index is 2.83. The molecule has 0 saturated carbocycles. The third-order valence-corrected chi connectivity index (χ3v) is 5.55. The van der Waals surface area contributed by atoms with E-state index in [2.05, 4.69) is 14.7 Å². The van der Waals surface area contributed by atoms with E-state index in [-0.39, 0.29) is 0 Å². The summed E-state index contributed by atoms with van der Waals surface area (Å²) in [7, 11) is -2.20. The van der Waals surface area contributed by atoms with Crippen molar-refractivity contribution in [2.45, 2.75) is 0 Å². The van der Waals surface area contributed by atoms with Crippen molar-refractivity contribution >= 4 is 26.0 Å². The van der Waals surface area contributed by atoms with Crippen LogP contribution in [0.2, 0.25) is 0 Å². The fourth-order valence-corrected chi connectivity index (χ4v) is 4.31. The summed E-state index contributed by atoms with van der Waals surface area (Å²) in [6.45, 7) is 10.3. The van der Waals surface area contributed by atoms with E-state index in [1.54, 1.807) is 13.3 Å². The van der Waals surface area contributed by atoms with Gasteiger partial charge in [0.2, 0.25) is 0 Å². The zero-order chi connectivity index (χ0) is 19.4. The molecule has 0 bridgehead atoms. The van der Waals surface area contributed by atoms with Crippen molar-refractivity contribution in [3.63, 3.8) is 0 Å². The van der Waals surface area contributed by atoms with Gasteiger partial charge in [0.25, 0.3) is 0 Å². The summed E-state index contributed by atoms with van der Waals surface area (Å²) in [4.78, 5) is 41.2. The lowest BCUT2D eigenvalue weighted by atomic mass is 10.3. The van der Waals surface area contributed by atoms with Crippen molar-refractivity contribution in [3.05, 3.63) is 0 Å². The molecule has 0 unspecified atom stereocenters. The largest absolute Gasteiger partial charge is 0.323 e. The number of aldehydes is 3. The van der Waals surface area contributed by atoms with E-state index in [1.165, 1.54) is 0 Å². The summed E-state index contributed by atoms with van der Waals surface area (Å²) in [5.74, 6) is 0. The van der Waals surface area contributed by atoms with Crippen LogP contribution in [0.5, 0.6) is 0 Å². The van der Waals surface area contributed by atoms with Gasteiger partial charge < -0.3 is 18.9 Å². The molecule has 0 aliphatic carbocycles. The van der Waals surface area contributed by atoms with Crippen molar-refractivity contribution in [1.29, 1.82) is 0 Å². The molecule has 0 aromatic carbocycles. The number of carbonyl (C=O) groups is 3. The molecule has 0 radical (unpaired) electrons. The van der Waals surface area contributed by atoms with Gasteiger partial charge in [-0.1, -0.05) is 0 Å². The SMILES string of the molecule is CP(C)(=O)CN1CCN(CC=O)CCN(CC=O)CCN(CC=O)CC1. The second kappa shape index (κ2) is 12.5. The Morgan fingerprint density at radius 1 is 0.615 bits per heavy atom. The average Bonchev–Trinajstić information content (AvgIpc) is 2.56. The van der Waals surface area contributed by atoms with Gasteiger partial charge in [-0.05, 0) is 13.3 Å². The van der Waals surface area contributed by atoms with Crippen LogP contribution in [0.25, 0.3) is 0 Å². The molecule has 0 amide bonds. The standard InChI is InChI=1S/C17H33N4O4P/c1-26(2,25)17-21-9-7-19(12-15-23)5-3-18(11-14-22)4-6-20(8-10-21)13-16-24/h14-16H,3-13,17H2,1-2H3. The average molecular weight is 388 g/mol. The van der Waals surface area contributed by atoms with Crippen molar-refractivity contribution in [3.8, 4) is 0 Å². The Hall–Kier alpha value is -0.920. The monoisotopic (exact) mass is 388 g/mol. The van der Waals surface area contributed by atoms with Crippen molar-refractivity contribution < 1.29 is 18.9 Å². The Bertz CT molecular complexity index is 459. The number of carbonyl (C=O) groups excluding carboxylic acids is 3. The lowest BCUT2D eigenvalue weighted by molar-refractivity contribution is -0.110. The van der Waals surface area contributed by atoms with Crippen LogP contribution in [0.15, 0.2) is 0 Å². The Morgan fingerprint density at radius 3 is 1.12 bits per heavy atom.